The summed E-state index contributed by atoms with van der Waals surface area (Å²) in [5.41, 5.74) is 1.42. The van der Waals surface area contributed by atoms with Crippen molar-refractivity contribution in [1.82, 2.24) is 15.0 Å². The number of carbonyl (C=O) groups excluding carboxylic acids is 2. The number of fused-ring (bicyclic) bond motifs is 1. The summed E-state index contributed by atoms with van der Waals surface area (Å²) in [5.74, 6) is -1.18. The molecule has 0 N–H and O–H groups in total. The maximum Gasteiger partial charge on any atom is 0.365 e. The fraction of sp³-hybridized carbons (Fsp3) is 0.0500. The van der Waals surface area contributed by atoms with Crippen molar-refractivity contribution in [3.63, 3.8) is 0 Å². The molecule has 0 atom stereocenters. The Labute approximate surface area is 287 Å². The highest BCUT2D eigenvalue weighted by Crippen LogP contribution is 2.43. The van der Waals surface area contributed by atoms with Gasteiger partial charge in [-0.15, -0.1) is 0 Å². The van der Waals surface area contributed by atoms with E-state index in [0.29, 0.717) is 16.3 Å². The van der Waals surface area contributed by atoms with E-state index in [9.17, 15) is 9.59 Å². The number of carbonyl (C=O) groups is 2. The second-order valence-electron chi connectivity index (χ2n) is 11.1. The van der Waals surface area contributed by atoms with E-state index in [1.165, 1.54) is 4.68 Å². The van der Waals surface area contributed by atoms with Crippen molar-refractivity contribution < 1.29 is 23.8 Å². The van der Waals surface area contributed by atoms with Gasteiger partial charge < -0.3 is 14.2 Å². The predicted molar refractivity (Wildman–Crippen MR) is 186 cm³/mol. The van der Waals surface area contributed by atoms with Gasteiger partial charge in [0.1, 0.15) is 11.3 Å². The largest absolute Gasteiger partial charge is 0.436 e. The lowest BCUT2D eigenvalue weighted by atomic mass is 9.77. The van der Waals surface area contributed by atoms with Crippen molar-refractivity contribution in [2.45, 2.75) is 5.54 Å². The Morgan fingerprint density at radius 1 is 0.612 bits per heavy atom. The number of halogens is 1. The molecule has 7 rings (SSSR count). The van der Waals surface area contributed by atoms with E-state index in [4.69, 9.17) is 25.8 Å². The number of rotatable bonds is 10. The fourth-order valence-corrected chi connectivity index (χ4v) is 6.06. The molecule has 8 nitrogen and oxygen atoms in total. The molecule has 7 aromatic rings. The zero-order valence-electron chi connectivity index (χ0n) is 26.0. The van der Waals surface area contributed by atoms with Crippen LogP contribution in [0, 0.1) is 0 Å². The molecule has 0 aliphatic carbocycles. The molecule has 1 heterocycles. The van der Waals surface area contributed by atoms with E-state index >= 15 is 0 Å². The van der Waals surface area contributed by atoms with Crippen LogP contribution in [0.15, 0.2) is 158 Å². The van der Waals surface area contributed by atoms with Gasteiger partial charge in [-0.3, -0.25) is 0 Å². The van der Waals surface area contributed by atoms with Crippen LogP contribution in [0.1, 0.15) is 37.5 Å². The maximum atomic E-state index is 14.2. The van der Waals surface area contributed by atoms with Gasteiger partial charge in [-0.2, -0.15) is 0 Å². The molecule has 0 amide bonds. The number of benzene rings is 6. The minimum atomic E-state index is -1.21. The van der Waals surface area contributed by atoms with Crippen LogP contribution in [-0.4, -0.2) is 33.7 Å². The minimum Gasteiger partial charge on any atom is -0.436 e. The van der Waals surface area contributed by atoms with Crippen molar-refractivity contribution >= 4 is 34.3 Å². The quantitative estimate of drug-likeness (QED) is 0.0820. The van der Waals surface area contributed by atoms with Crippen LogP contribution in [0.4, 0.5) is 0 Å². The summed E-state index contributed by atoms with van der Waals surface area (Å²) >= 11 is 6.20. The van der Waals surface area contributed by atoms with Gasteiger partial charge in [-0.05, 0) is 63.9 Å². The van der Waals surface area contributed by atoms with Gasteiger partial charge in [0.2, 0.25) is 12.5 Å². The smallest absolute Gasteiger partial charge is 0.365 e. The monoisotopic (exact) mass is 665 g/mol. The topological polar surface area (TPSA) is 92.5 Å². The Balaban J connectivity index is 1.37. The molecule has 9 heteroatoms. The first-order chi connectivity index (χ1) is 24.0. The van der Waals surface area contributed by atoms with E-state index in [1.54, 1.807) is 42.5 Å². The van der Waals surface area contributed by atoms with Crippen LogP contribution >= 0.6 is 11.6 Å². The number of hydrogen-bond acceptors (Lipinski definition) is 7. The van der Waals surface area contributed by atoms with Crippen LogP contribution < -0.4 is 4.74 Å². The first kappa shape index (κ1) is 31.4. The Bertz CT molecular complexity index is 2130. The van der Waals surface area contributed by atoms with E-state index in [0.717, 1.165) is 27.5 Å². The number of hydrogen-bond donors (Lipinski definition) is 0. The van der Waals surface area contributed by atoms with Crippen LogP contribution in [0.3, 0.4) is 0 Å². The number of nitrogens with zero attached hydrogens (tertiary/aromatic N) is 3. The van der Waals surface area contributed by atoms with Crippen LogP contribution in [0.5, 0.6) is 11.6 Å². The van der Waals surface area contributed by atoms with Crippen LogP contribution in [0.2, 0.25) is 5.02 Å². The van der Waals surface area contributed by atoms with Gasteiger partial charge in [0.15, 0.2) is 0 Å². The lowest BCUT2D eigenvalue weighted by molar-refractivity contribution is -0.0177. The minimum absolute atomic E-state index is 0.0940. The molecule has 0 spiro atoms. The number of esters is 2. The average Bonchev–Trinajstić information content (AvgIpc) is 3.57. The highest BCUT2D eigenvalue weighted by Gasteiger charge is 2.44. The summed E-state index contributed by atoms with van der Waals surface area (Å²) in [7, 11) is 0. The van der Waals surface area contributed by atoms with Crippen molar-refractivity contribution in [1.29, 1.82) is 0 Å². The molecule has 0 aliphatic heterocycles. The third kappa shape index (κ3) is 6.25. The van der Waals surface area contributed by atoms with E-state index in [1.807, 2.05) is 115 Å². The molecule has 0 bridgehead atoms. The van der Waals surface area contributed by atoms with Gasteiger partial charge in [0, 0.05) is 5.02 Å². The molecular formula is C40H28ClN3O5. The molecular weight excluding hydrogens is 638 g/mol. The van der Waals surface area contributed by atoms with Crippen LogP contribution in [0.25, 0.3) is 10.8 Å². The standard InChI is InChI=1S/C40H28ClN3O5/c41-34-23-21-30-26-35(24-22-29(30)25-34)49-37-36(39(46)48-27-47-38(45)28-13-5-1-6-14-28)44(43-42-37)40(31-15-7-2-8-16-31,32-17-9-3-10-18-32)33-19-11-4-12-20-33/h1-26H,27H2. The molecule has 49 heavy (non-hydrogen) atoms. The van der Waals surface area contributed by atoms with Gasteiger partial charge in [-0.25, -0.2) is 14.3 Å². The summed E-state index contributed by atoms with van der Waals surface area (Å²) < 4.78 is 18.7. The number of ether oxygens (including phenoxy) is 3. The zero-order chi connectivity index (χ0) is 33.6. The molecule has 6 aromatic carbocycles. The molecule has 0 saturated carbocycles. The SMILES string of the molecule is O=C(OCOC(=O)c1c(Oc2ccc3cc(Cl)ccc3c2)nnn1C(c1ccccc1)(c1ccccc1)c1ccccc1)c1ccccc1. The third-order valence-corrected chi connectivity index (χ3v) is 8.34. The average molecular weight is 666 g/mol. The second-order valence-corrected chi connectivity index (χ2v) is 11.5. The maximum absolute atomic E-state index is 14.2. The van der Waals surface area contributed by atoms with Gasteiger partial charge in [0.25, 0.3) is 5.88 Å². The number of aromatic nitrogens is 3. The van der Waals surface area contributed by atoms with Crippen molar-refractivity contribution in [2.24, 2.45) is 0 Å². The Morgan fingerprint density at radius 3 is 1.71 bits per heavy atom. The lowest BCUT2D eigenvalue weighted by Crippen LogP contribution is -2.40. The predicted octanol–water partition coefficient (Wildman–Crippen LogP) is 8.69. The molecule has 0 aliphatic rings. The molecule has 0 unspecified atom stereocenters. The normalized spacial score (nSPS) is 11.2. The first-order valence-corrected chi connectivity index (χ1v) is 15.8. The summed E-state index contributed by atoms with van der Waals surface area (Å²) in [6, 6.07) is 48.5. The first-order valence-electron chi connectivity index (χ1n) is 15.4. The van der Waals surface area contributed by atoms with Crippen LogP contribution in [-0.2, 0) is 15.0 Å². The summed E-state index contributed by atoms with van der Waals surface area (Å²) in [6.45, 7) is -0.650. The summed E-state index contributed by atoms with van der Waals surface area (Å²) in [4.78, 5) is 26.9. The third-order valence-electron chi connectivity index (χ3n) is 8.10. The highest BCUT2D eigenvalue weighted by molar-refractivity contribution is 6.31. The molecule has 0 saturated heterocycles. The van der Waals surface area contributed by atoms with Gasteiger partial charge in [-0.1, -0.05) is 143 Å². The Hall–Kier alpha value is -6.25. The summed E-state index contributed by atoms with van der Waals surface area (Å²) in [5, 5.41) is 11.4. The Morgan fingerprint density at radius 2 is 1.12 bits per heavy atom. The fourth-order valence-electron chi connectivity index (χ4n) is 5.88. The molecule has 0 radical (unpaired) electrons. The molecule has 0 fully saturated rings. The van der Waals surface area contributed by atoms with Gasteiger partial charge >= 0.3 is 11.9 Å². The zero-order valence-corrected chi connectivity index (χ0v) is 26.7. The van der Waals surface area contributed by atoms with Crippen molar-refractivity contribution in [2.75, 3.05) is 6.79 Å². The van der Waals surface area contributed by atoms with Crippen molar-refractivity contribution in [3.05, 3.63) is 191 Å². The summed E-state index contributed by atoms with van der Waals surface area (Å²) in [6.07, 6.45) is 0. The second kappa shape index (κ2) is 13.9. The lowest BCUT2D eigenvalue weighted by Gasteiger charge is -2.36. The van der Waals surface area contributed by atoms with E-state index < -0.39 is 24.3 Å². The molecule has 240 valence electrons. The van der Waals surface area contributed by atoms with Crippen molar-refractivity contribution in [3.8, 4) is 11.6 Å². The highest BCUT2D eigenvalue weighted by atomic mass is 35.5. The Kier molecular flexibility index (Phi) is 8.86. The van der Waals surface area contributed by atoms with Gasteiger partial charge in [0.05, 0.1) is 5.56 Å². The van der Waals surface area contributed by atoms with E-state index in [2.05, 4.69) is 10.3 Å². The van der Waals surface area contributed by atoms with E-state index in [-0.39, 0.29) is 11.6 Å². The molecule has 1 aromatic heterocycles.